The van der Waals surface area contributed by atoms with Crippen LogP contribution in [-0.2, 0) is 4.84 Å². The van der Waals surface area contributed by atoms with Gasteiger partial charge in [-0.2, -0.15) is 0 Å². The minimum Gasteiger partial charge on any atom is -0.495 e. The number of amidine groups is 1. The van der Waals surface area contributed by atoms with E-state index in [2.05, 4.69) is 10.1 Å². The molecule has 1 aromatic heterocycles. The summed E-state index contributed by atoms with van der Waals surface area (Å²) in [6.07, 6.45) is 5.91. The monoisotopic (exact) mass is 466 g/mol. The van der Waals surface area contributed by atoms with Crippen molar-refractivity contribution in [3.05, 3.63) is 71.0 Å². The molecule has 2 heterocycles. The first kappa shape index (κ1) is 23.8. The summed E-state index contributed by atoms with van der Waals surface area (Å²) in [4.78, 5) is 11.5. The summed E-state index contributed by atoms with van der Waals surface area (Å²) in [5.74, 6) is 0.195. The average molecular weight is 466 g/mol. The van der Waals surface area contributed by atoms with Crippen LogP contribution < -0.4 is 4.74 Å². The number of halogens is 2. The van der Waals surface area contributed by atoms with Gasteiger partial charge in [-0.05, 0) is 36.8 Å². The number of imidazole rings is 1. The molecule has 34 heavy (non-hydrogen) atoms. The van der Waals surface area contributed by atoms with Gasteiger partial charge in [0, 0.05) is 31.7 Å². The van der Waals surface area contributed by atoms with Crippen LogP contribution in [0.4, 0.5) is 8.78 Å². The highest BCUT2D eigenvalue weighted by atomic mass is 19.1. The average Bonchev–Trinajstić information content (AvgIpc) is 3.37. The number of nitrogens with zero attached hydrogens (tertiary/aromatic N) is 4. The molecule has 1 aromatic carbocycles. The number of hydrogen-bond donors (Lipinski definition) is 1. The number of aryl methyl sites for hydroxylation is 1. The Hall–Kier alpha value is -3.40. The van der Waals surface area contributed by atoms with E-state index in [1.807, 2.05) is 35.9 Å². The Morgan fingerprint density at radius 1 is 1.44 bits per heavy atom. The summed E-state index contributed by atoms with van der Waals surface area (Å²) < 4.78 is 35.3. The predicted molar refractivity (Wildman–Crippen MR) is 126 cm³/mol. The zero-order chi connectivity index (χ0) is 24.5. The highest BCUT2D eigenvalue weighted by molar-refractivity contribution is 6.40. The Labute approximate surface area is 198 Å². The van der Waals surface area contributed by atoms with Gasteiger partial charge >= 0.3 is 0 Å². The highest BCUT2D eigenvalue weighted by Gasteiger charge is 2.46. The summed E-state index contributed by atoms with van der Waals surface area (Å²) in [6, 6.07) is 5.56. The lowest BCUT2D eigenvalue weighted by molar-refractivity contribution is -0.0605. The first-order valence-electron chi connectivity index (χ1n) is 10.8. The van der Waals surface area contributed by atoms with Crippen LogP contribution in [0.2, 0.25) is 0 Å². The molecule has 0 bridgehead atoms. The molecule has 10 heteroatoms. The lowest BCUT2D eigenvalue weighted by Gasteiger charge is -2.37. The first-order valence-corrected chi connectivity index (χ1v) is 10.8. The lowest BCUT2D eigenvalue weighted by atomic mass is 9.88. The van der Waals surface area contributed by atoms with E-state index < -0.39 is 17.7 Å². The van der Waals surface area contributed by atoms with Crippen molar-refractivity contribution >= 4 is 19.8 Å². The van der Waals surface area contributed by atoms with Crippen LogP contribution >= 0.6 is 0 Å². The number of ether oxygens (including phenoxy) is 1. The molecule has 176 valence electrons. The van der Waals surface area contributed by atoms with Gasteiger partial charge in [-0.25, -0.2) is 13.8 Å². The van der Waals surface area contributed by atoms with Crippen molar-refractivity contribution in [3.63, 3.8) is 0 Å². The number of methoxy groups -OCH3 is 1. The Bertz CT molecular complexity index is 1210. The van der Waals surface area contributed by atoms with Crippen molar-refractivity contribution < 1.29 is 23.5 Å². The van der Waals surface area contributed by atoms with Crippen LogP contribution in [0, 0.1) is 6.92 Å². The van der Waals surface area contributed by atoms with Crippen molar-refractivity contribution in [3.8, 4) is 11.4 Å². The van der Waals surface area contributed by atoms with Crippen molar-refractivity contribution in [1.82, 2.24) is 14.5 Å². The predicted octanol–water partition coefficient (Wildman–Crippen LogP) is 3.57. The first-order chi connectivity index (χ1) is 16.2. The van der Waals surface area contributed by atoms with E-state index in [4.69, 9.17) is 17.4 Å². The third-order valence-corrected chi connectivity index (χ3v) is 5.84. The number of benzene rings is 1. The Kier molecular flexibility index (Phi) is 6.61. The molecule has 0 saturated carbocycles. The second-order valence-electron chi connectivity index (χ2n) is 8.26. The van der Waals surface area contributed by atoms with E-state index in [1.54, 1.807) is 31.3 Å². The number of alkyl halides is 1. The fourth-order valence-electron chi connectivity index (χ4n) is 4.13. The number of allylic oxidation sites excluding steroid dienone is 3. The highest BCUT2D eigenvalue weighted by Crippen LogP contribution is 2.38. The summed E-state index contributed by atoms with van der Waals surface area (Å²) in [7, 11) is 7.95. The molecule has 1 aliphatic carbocycles. The van der Waals surface area contributed by atoms with Gasteiger partial charge in [0.25, 0.3) is 0 Å². The second kappa shape index (κ2) is 9.46. The van der Waals surface area contributed by atoms with Crippen molar-refractivity contribution in [1.29, 1.82) is 0 Å². The fraction of sp³-hybridized carbons (Fsp3) is 0.333. The minimum absolute atomic E-state index is 0.0509. The van der Waals surface area contributed by atoms with Gasteiger partial charge in [0.15, 0.2) is 5.84 Å². The van der Waals surface area contributed by atoms with Gasteiger partial charge in [0.1, 0.15) is 25.6 Å². The topological polar surface area (TPSA) is 72.1 Å². The second-order valence-corrected chi connectivity index (χ2v) is 8.26. The van der Waals surface area contributed by atoms with Gasteiger partial charge in [0.05, 0.1) is 31.4 Å². The number of aliphatic hydroxyl groups excluding tert-OH is 1. The van der Waals surface area contributed by atoms with E-state index in [9.17, 15) is 13.9 Å². The molecule has 0 saturated heterocycles. The SMILES string of the molecule is [B]/C(=C/c1ccc(-n2cnc(C)c2)c(OC)c1)C1=NOC(C)(C2=CC(F)=CC(F)C2)N1CCO. The van der Waals surface area contributed by atoms with Gasteiger partial charge in [-0.3, -0.25) is 0 Å². The molecule has 2 radical (unpaired) electrons. The Morgan fingerprint density at radius 3 is 2.88 bits per heavy atom. The Morgan fingerprint density at radius 2 is 2.24 bits per heavy atom. The Balaban J connectivity index is 1.64. The number of hydrogen-bond acceptors (Lipinski definition) is 6. The van der Waals surface area contributed by atoms with Gasteiger partial charge in [0.2, 0.25) is 5.72 Å². The van der Waals surface area contributed by atoms with E-state index >= 15 is 0 Å². The molecule has 1 aliphatic heterocycles. The van der Waals surface area contributed by atoms with Crippen LogP contribution in [-0.4, -0.2) is 65.4 Å². The number of oxime groups is 1. The zero-order valence-corrected chi connectivity index (χ0v) is 19.2. The van der Waals surface area contributed by atoms with Crippen LogP contribution in [0.5, 0.6) is 5.75 Å². The van der Waals surface area contributed by atoms with Crippen LogP contribution in [0.25, 0.3) is 11.8 Å². The molecule has 2 aromatic rings. The quantitative estimate of drug-likeness (QED) is 0.632. The molecule has 0 fully saturated rings. The van der Waals surface area contributed by atoms with Gasteiger partial charge < -0.3 is 24.1 Å². The maximum absolute atomic E-state index is 14.0. The molecule has 1 N–H and O–H groups in total. The van der Waals surface area contributed by atoms with E-state index in [1.165, 1.54) is 6.08 Å². The van der Waals surface area contributed by atoms with E-state index in [-0.39, 0.29) is 30.9 Å². The fourth-order valence-corrected chi connectivity index (χ4v) is 4.13. The van der Waals surface area contributed by atoms with Crippen LogP contribution in [0.1, 0.15) is 24.6 Å². The third kappa shape index (κ3) is 4.50. The van der Waals surface area contributed by atoms with Gasteiger partial charge in [-0.15, -0.1) is 0 Å². The van der Waals surface area contributed by atoms with Crippen molar-refractivity contribution in [2.45, 2.75) is 32.2 Å². The number of aromatic nitrogens is 2. The van der Waals surface area contributed by atoms with Crippen LogP contribution in [0.3, 0.4) is 0 Å². The number of β-amino-alcohol motifs (C(OH)–C–C–N with tert-alkyl or cyclic N) is 1. The minimum atomic E-state index is -1.47. The maximum Gasteiger partial charge on any atom is 0.231 e. The zero-order valence-electron chi connectivity index (χ0n) is 19.2. The summed E-state index contributed by atoms with van der Waals surface area (Å²) in [6.45, 7) is 3.42. The smallest absolute Gasteiger partial charge is 0.231 e. The molecule has 0 amide bonds. The summed E-state index contributed by atoms with van der Waals surface area (Å²) >= 11 is 0. The lowest BCUT2D eigenvalue weighted by Crippen LogP contribution is -2.50. The molecule has 4 rings (SSSR count). The molecule has 0 spiro atoms. The molecule has 2 aliphatic rings. The third-order valence-electron chi connectivity index (χ3n) is 5.84. The largest absolute Gasteiger partial charge is 0.495 e. The van der Waals surface area contributed by atoms with Crippen LogP contribution in [0.15, 0.2) is 64.9 Å². The molecule has 2 atom stereocenters. The number of aliphatic hydroxyl groups is 1. The van der Waals surface area contributed by atoms with Gasteiger partial charge in [-0.1, -0.05) is 22.8 Å². The van der Waals surface area contributed by atoms with E-state index in [0.29, 0.717) is 11.3 Å². The standard InChI is InChI=1S/C24H25BF2N4O3/c1-15-13-30(14-28-15)21-5-4-16(9-22(21)33-3)8-20(25)23-29-34-24(2,31(23)6-7-32)17-10-18(26)12-19(27)11-17/h4-5,8-10,12-14,19,32H,6-7,11H2,1-3H3/b20-8+. The van der Waals surface area contributed by atoms with Crippen molar-refractivity contribution in [2.75, 3.05) is 20.3 Å². The van der Waals surface area contributed by atoms with Crippen molar-refractivity contribution in [2.24, 2.45) is 5.16 Å². The summed E-state index contributed by atoms with van der Waals surface area (Å²) in [5, 5.41) is 13.8. The number of rotatable bonds is 7. The van der Waals surface area contributed by atoms with E-state index in [0.717, 1.165) is 23.0 Å². The normalized spacial score (nSPS) is 22.8. The molecular formula is C24H25BF2N4O3. The molecule has 7 nitrogen and oxygen atoms in total. The maximum atomic E-state index is 14.0. The summed E-state index contributed by atoms with van der Waals surface area (Å²) in [5.41, 5.74) is 1.77. The molecular weight excluding hydrogens is 441 g/mol. The molecule has 2 unspecified atom stereocenters.